The first-order valence-corrected chi connectivity index (χ1v) is 6.72. The Hall–Kier alpha value is -0.380. The number of nitrogens with one attached hydrogen (secondary N) is 1. The van der Waals surface area contributed by atoms with E-state index in [1.165, 1.54) is 18.5 Å². The topological polar surface area (TPSA) is 15.3 Å². The van der Waals surface area contributed by atoms with Gasteiger partial charge in [0.15, 0.2) is 0 Å². The SMILES string of the molecule is CCC1CNC(C)CN1Cc1ccsc1. The van der Waals surface area contributed by atoms with Crippen molar-refractivity contribution in [2.24, 2.45) is 0 Å². The summed E-state index contributed by atoms with van der Waals surface area (Å²) in [6.07, 6.45) is 1.24. The van der Waals surface area contributed by atoms with Crippen LogP contribution in [0.5, 0.6) is 0 Å². The highest BCUT2D eigenvalue weighted by atomic mass is 32.1. The van der Waals surface area contributed by atoms with Gasteiger partial charge in [0.2, 0.25) is 0 Å². The molecule has 1 aromatic heterocycles. The summed E-state index contributed by atoms with van der Waals surface area (Å²) in [5, 5.41) is 7.99. The fourth-order valence-electron chi connectivity index (χ4n) is 2.25. The lowest BCUT2D eigenvalue weighted by Crippen LogP contribution is -2.54. The average Bonchev–Trinajstić information content (AvgIpc) is 2.71. The number of hydrogen-bond donors (Lipinski definition) is 1. The third kappa shape index (κ3) is 2.80. The lowest BCUT2D eigenvalue weighted by Gasteiger charge is -2.38. The Bertz CT molecular complexity index is 284. The number of nitrogens with zero attached hydrogens (tertiary/aromatic N) is 1. The largest absolute Gasteiger partial charge is 0.311 e. The maximum Gasteiger partial charge on any atom is 0.0246 e. The van der Waals surface area contributed by atoms with E-state index in [-0.39, 0.29) is 0 Å². The van der Waals surface area contributed by atoms with Gasteiger partial charge >= 0.3 is 0 Å². The van der Waals surface area contributed by atoms with Gasteiger partial charge in [0, 0.05) is 31.7 Å². The van der Waals surface area contributed by atoms with Crippen molar-refractivity contribution in [1.29, 1.82) is 0 Å². The summed E-state index contributed by atoms with van der Waals surface area (Å²) in [6, 6.07) is 3.58. The Labute approximate surface area is 96.3 Å². The van der Waals surface area contributed by atoms with Crippen molar-refractivity contribution in [3.63, 3.8) is 0 Å². The minimum absolute atomic E-state index is 0.631. The van der Waals surface area contributed by atoms with E-state index >= 15 is 0 Å². The second-order valence-corrected chi connectivity index (χ2v) is 5.21. The van der Waals surface area contributed by atoms with E-state index in [2.05, 4.69) is 40.9 Å². The zero-order chi connectivity index (χ0) is 10.7. The van der Waals surface area contributed by atoms with Crippen LogP contribution >= 0.6 is 11.3 Å². The summed E-state index contributed by atoms with van der Waals surface area (Å²) in [7, 11) is 0. The molecule has 2 atom stereocenters. The van der Waals surface area contributed by atoms with Crippen LogP contribution in [0.1, 0.15) is 25.8 Å². The Balaban J connectivity index is 1.98. The van der Waals surface area contributed by atoms with Gasteiger partial charge in [0.05, 0.1) is 0 Å². The molecule has 2 heterocycles. The van der Waals surface area contributed by atoms with E-state index < -0.39 is 0 Å². The molecule has 1 aliphatic rings. The molecule has 0 aromatic carbocycles. The van der Waals surface area contributed by atoms with E-state index in [0.29, 0.717) is 12.1 Å². The Morgan fingerprint density at radius 2 is 2.47 bits per heavy atom. The van der Waals surface area contributed by atoms with E-state index in [4.69, 9.17) is 0 Å². The minimum atomic E-state index is 0.631. The van der Waals surface area contributed by atoms with E-state index in [9.17, 15) is 0 Å². The summed E-state index contributed by atoms with van der Waals surface area (Å²) in [5.74, 6) is 0. The normalized spacial score (nSPS) is 28.1. The molecule has 15 heavy (non-hydrogen) atoms. The smallest absolute Gasteiger partial charge is 0.0246 e. The van der Waals surface area contributed by atoms with Crippen molar-refractivity contribution in [3.05, 3.63) is 22.4 Å². The number of piperazine rings is 1. The number of hydrogen-bond acceptors (Lipinski definition) is 3. The van der Waals surface area contributed by atoms with Crippen LogP contribution in [0.25, 0.3) is 0 Å². The molecule has 2 unspecified atom stereocenters. The molecule has 0 radical (unpaired) electrons. The third-order valence-electron chi connectivity index (χ3n) is 3.16. The van der Waals surface area contributed by atoms with Crippen molar-refractivity contribution >= 4 is 11.3 Å². The van der Waals surface area contributed by atoms with Gasteiger partial charge in [-0.25, -0.2) is 0 Å². The summed E-state index contributed by atoms with van der Waals surface area (Å²) < 4.78 is 0. The van der Waals surface area contributed by atoms with Gasteiger partial charge in [-0.3, -0.25) is 4.90 Å². The number of thiophene rings is 1. The molecule has 2 rings (SSSR count). The molecule has 0 bridgehead atoms. The quantitative estimate of drug-likeness (QED) is 0.847. The molecule has 0 saturated carbocycles. The molecule has 0 amide bonds. The first-order chi connectivity index (χ1) is 7.29. The maximum atomic E-state index is 3.55. The Kier molecular flexibility index (Phi) is 3.78. The zero-order valence-corrected chi connectivity index (χ0v) is 10.4. The minimum Gasteiger partial charge on any atom is -0.311 e. The number of rotatable bonds is 3. The van der Waals surface area contributed by atoms with Gasteiger partial charge in [-0.05, 0) is 35.7 Å². The van der Waals surface area contributed by atoms with E-state index in [1.54, 1.807) is 11.3 Å². The van der Waals surface area contributed by atoms with Crippen molar-refractivity contribution in [2.45, 2.75) is 38.9 Å². The molecule has 0 aliphatic carbocycles. The summed E-state index contributed by atoms with van der Waals surface area (Å²) >= 11 is 1.80. The Morgan fingerprint density at radius 3 is 3.13 bits per heavy atom. The lowest BCUT2D eigenvalue weighted by molar-refractivity contribution is 0.124. The monoisotopic (exact) mass is 224 g/mol. The molecular formula is C12H20N2S. The van der Waals surface area contributed by atoms with Crippen LogP contribution in [0, 0.1) is 0 Å². The van der Waals surface area contributed by atoms with Crippen molar-refractivity contribution < 1.29 is 0 Å². The van der Waals surface area contributed by atoms with Crippen LogP contribution < -0.4 is 5.32 Å². The standard InChI is InChI=1S/C12H20N2S/c1-3-12-6-13-10(2)7-14(12)8-11-4-5-15-9-11/h4-5,9-10,12-13H,3,6-8H2,1-2H3. The van der Waals surface area contributed by atoms with Gasteiger partial charge in [0.1, 0.15) is 0 Å². The van der Waals surface area contributed by atoms with Gasteiger partial charge in [-0.2, -0.15) is 11.3 Å². The van der Waals surface area contributed by atoms with Crippen LogP contribution in [0.15, 0.2) is 16.8 Å². The maximum absolute atomic E-state index is 3.55. The molecule has 1 saturated heterocycles. The van der Waals surface area contributed by atoms with Gasteiger partial charge in [0.25, 0.3) is 0 Å². The van der Waals surface area contributed by atoms with E-state index in [1.807, 2.05) is 0 Å². The fourth-order valence-corrected chi connectivity index (χ4v) is 2.90. The van der Waals surface area contributed by atoms with E-state index in [0.717, 1.165) is 13.1 Å². The van der Waals surface area contributed by atoms with Gasteiger partial charge in [-0.1, -0.05) is 6.92 Å². The molecule has 3 heteroatoms. The third-order valence-corrected chi connectivity index (χ3v) is 3.90. The highest BCUT2D eigenvalue weighted by Gasteiger charge is 2.24. The zero-order valence-electron chi connectivity index (χ0n) is 9.57. The van der Waals surface area contributed by atoms with Gasteiger partial charge < -0.3 is 5.32 Å². The Morgan fingerprint density at radius 1 is 1.60 bits per heavy atom. The first kappa shape index (κ1) is 11.1. The summed E-state index contributed by atoms with van der Waals surface area (Å²) in [5.41, 5.74) is 1.47. The predicted octanol–water partition coefficient (Wildman–Crippen LogP) is 2.32. The predicted molar refractivity (Wildman–Crippen MR) is 66.3 cm³/mol. The lowest BCUT2D eigenvalue weighted by atomic mass is 10.1. The molecule has 0 spiro atoms. The molecular weight excluding hydrogens is 204 g/mol. The van der Waals surface area contributed by atoms with Crippen LogP contribution in [-0.4, -0.2) is 30.1 Å². The van der Waals surface area contributed by atoms with Crippen molar-refractivity contribution in [1.82, 2.24) is 10.2 Å². The van der Waals surface area contributed by atoms with Gasteiger partial charge in [-0.15, -0.1) is 0 Å². The van der Waals surface area contributed by atoms with Crippen LogP contribution in [0.3, 0.4) is 0 Å². The molecule has 1 aromatic rings. The second kappa shape index (κ2) is 5.10. The molecule has 1 aliphatic heterocycles. The average molecular weight is 224 g/mol. The van der Waals surface area contributed by atoms with Crippen molar-refractivity contribution in [2.75, 3.05) is 13.1 Å². The summed E-state index contributed by atoms with van der Waals surface area (Å²) in [6.45, 7) is 7.99. The van der Waals surface area contributed by atoms with Crippen LogP contribution in [0.4, 0.5) is 0 Å². The summed E-state index contributed by atoms with van der Waals surface area (Å²) in [4.78, 5) is 2.61. The first-order valence-electron chi connectivity index (χ1n) is 5.78. The second-order valence-electron chi connectivity index (χ2n) is 4.43. The van der Waals surface area contributed by atoms with Crippen LogP contribution in [-0.2, 0) is 6.54 Å². The highest BCUT2D eigenvalue weighted by molar-refractivity contribution is 7.07. The molecule has 1 fully saturated rings. The van der Waals surface area contributed by atoms with Crippen LogP contribution in [0.2, 0.25) is 0 Å². The fraction of sp³-hybridized carbons (Fsp3) is 0.667. The highest BCUT2D eigenvalue weighted by Crippen LogP contribution is 2.16. The molecule has 2 nitrogen and oxygen atoms in total. The van der Waals surface area contributed by atoms with Crippen molar-refractivity contribution in [3.8, 4) is 0 Å². The molecule has 84 valence electrons. The molecule has 1 N–H and O–H groups in total.